The van der Waals surface area contributed by atoms with Gasteiger partial charge in [-0.15, -0.1) is 0 Å². The molecule has 0 unspecified atom stereocenters. The zero-order valence-electron chi connectivity index (χ0n) is 15.7. The number of pyridine rings is 1. The third kappa shape index (κ3) is 3.49. The maximum atomic E-state index is 13.4. The largest absolute Gasteiger partial charge is 0.388 e. The topological polar surface area (TPSA) is 83.6 Å². The van der Waals surface area contributed by atoms with Crippen molar-refractivity contribution in [2.45, 2.75) is 0 Å². The molecule has 0 amide bonds. The van der Waals surface area contributed by atoms with Crippen molar-refractivity contribution in [3.05, 3.63) is 95.2 Å². The quantitative estimate of drug-likeness (QED) is 0.584. The van der Waals surface area contributed by atoms with Crippen molar-refractivity contribution in [3.63, 3.8) is 0 Å². The van der Waals surface area contributed by atoms with E-state index in [1.807, 2.05) is 37.4 Å². The summed E-state index contributed by atoms with van der Waals surface area (Å²) in [5.41, 5.74) is 3.48. The fourth-order valence-electron chi connectivity index (χ4n) is 3.16. The van der Waals surface area contributed by atoms with Gasteiger partial charge in [-0.3, -0.25) is 9.36 Å². The number of nitrogens with one attached hydrogen (secondary N) is 1. The van der Waals surface area contributed by atoms with E-state index in [-0.39, 0.29) is 5.56 Å². The Kier molecular flexibility index (Phi) is 4.87. The lowest BCUT2D eigenvalue weighted by Crippen LogP contribution is -2.20. The van der Waals surface area contributed by atoms with Crippen molar-refractivity contribution in [3.8, 4) is 34.3 Å². The van der Waals surface area contributed by atoms with Gasteiger partial charge in [0, 0.05) is 48.0 Å². The monoisotopic (exact) mass is 377 g/mol. The molecule has 0 saturated heterocycles. The van der Waals surface area contributed by atoms with Gasteiger partial charge in [-0.25, -0.2) is 9.97 Å². The first-order chi connectivity index (χ1) is 14.2. The second-order valence-corrected chi connectivity index (χ2v) is 6.35. The summed E-state index contributed by atoms with van der Waals surface area (Å²) >= 11 is 0. The molecule has 6 heteroatoms. The Labute approximate surface area is 167 Å². The Morgan fingerprint density at radius 2 is 1.76 bits per heavy atom. The second-order valence-electron chi connectivity index (χ2n) is 6.35. The molecule has 2 heterocycles. The second kappa shape index (κ2) is 7.79. The van der Waals surface area contributed by atoms with Gasteiger partial charge in [0.25, 0.3) is 5.56 Å². The predicted molar refractivity (Wildman–Crippen MR) is 113 cm³/mol. The van der Waals surface area contributed by atoms with Crippen LogP contribution in [0.1, 0.15) is 5.56 Å². The summed E-state index contributed by atoms with van der Waals surface area (Å²) in [4.78, 5) is 22.1. The van der Waals surface area contributed by atoms with Crippen LogP contribution in [0.2, 0.25) is 0 Å². The molecular weight excluding hydrogens is 360 g/mol. The van der Waals surface area contributed by atoms with Crippen molar-refractivity contribution in [1.29, 1.82) is 5.26 Å². The summed E-state index contributed by atoms with van der Waals surface area (Å²) in [5.74, 6) is 0.502. The SMILES string of the molecule is [11CH3]Nc1cccc(-n2cc(-c3ncccn3)cc(-c3ccccc3[11C]#N)c2=O)c1. The lowest BCUT2D eigenvalue weighted by molar-refractivity contribution is 0.989. The Bertz CT molecular complexity index is 1270. The first-order valence-electron chi connectivity index (χ1n) is 9.03. The van der Waals surface area contributed by atoms with Crippen LogP contribution in [0.5, 0.6) is 0 Å². The maximum absolute atomic E-state index is 13.4. The highest BCUT2D eigenvalue weighted by Gasteiger charge is 2.15. The third-order valence-electron chi connectivity index (χ3n) is 4.59. The molecule has 2 aromatic heterocycles. The van der Waals surface area contributed by atoms with Crippen molar-refractivity contribution in [2.24, 2.45) is 0 Å². The summed E-state index contributed by atoms with van der Waals surface area (Å²) in [6.07, 6.45) is 5.04. The van der Waals surface area contributed by atoms with Gasteiger partial charge in [0.1, 0.15) is 0 Å². The van der Waals surface area contributed by atoms with Crippen molar-refractivity contribution in [1.82, 2.24) is 14.5 Å². The Hall–Kier alpha value is -4.24. The molecule has 4 rings (SSSR count). The van der Waals surface area contributed by atoms with E-state index in [0.717, 1.165) is 5.69 Å². The molecule has 0 saturated carbocycles. The van der Waals surface area contributed by atoms with Gasteiger partial charge in [-0.05, 0) is 36.4 Å². The van der Waals surface area contributed by atoms with Crippen LogP contribution in [-0.2, 0) is 0 Å². The number of hydrogen-bond donors (Lipinski definition) is 1. The number of anilines is 1. The summed E-state index contributed by atoms with van der Waals surface area (Å²) < 4.78 is 1.57. The Balaban J connectivity index is 2.03. The summed E-state index contributed by atoms with van der Waals surface area (Å²) in [6, 6.07) is 20.3. The van der Waals surface area contributed by atoms with E-state index in [1.54, 1.807) is 53.5 Å². The van der Waals surface area contributed by atoms with E-state index in [1.165, 1.54) is 0 Å². The fraction of sp³-hybridized carbons (Fsp3) is 0.0435. The van der Waals surface area contributed by atoms with E-state index < -0.39 is 0 Å². The van der Waals surface area contributed by atoms with Gasteiger partial charge >= 0.3 is 0 Å². The fourth-order valence-corrected chi connectivity index (χ4v) is 3.16. The molecule has 2 aromatic carbocycles. The van der Waals surface area contributed by atoms with Crippen LogP contribution >= 0.6 is 0 Å². The molecule has 0 radical (unpaired) electrons. The number of benzene rings is 2. The van der Waals surface area contributed by atoms with E-state index in [0.29, 0.717) is 33.8 Å². The highest BCUT2D eigenvalue weighted by Crippen LogP contribution is 2.25. The molecule has 0 aliphatic carbocycles. The van der Waals surface area contributed by atoms with Crippen LogP contribution in [0.15, 0.2) is 84.0 Å². The summed E-state index contributed by atoms with van der Waals surface area (Å²) in [6.45, 7) is 0. The highest BCUT2D eigenvalue weighted by atomic mass is 16.1. The molecule has 0 spiro atoms. The zero-order valence-corrected chi connectivity index (χ0v) is 15.7. The number of hydrogen-bond acceptors (Lipinski definition) is 5. The first-order valence-corrected chi connectivity index (χ1v) is 9.03. The van der Waals surface area contributed by atoms with Crippen LogP contribution in [0.3, 0.4) is 0 Å². The summed E-state index contributed by atoms with van der Waals surface area (Å²) in [5, 5.41) is 12.6. The lowest BCUT2D eigenvalue weighted by Gasteiger charge is -2.13. The first kappa shape index (κ1) is 18.1. The maximum Gasteiger partial charge on any atom is 0.263 e. The van der Waals surface area contributed by atoms with E-state index >= 15 is 0 Å². The molecule has 0 aliphatic heterocycles. The molecule has 0 aliphatic rings. The van der Waals surface area contributed by atoms with Crippen LogP contribution in [0.25, 0.3) is 28.2 Å². The van der Waals surface area contributed by atoms with E-state index in [2.05, 4.69) is 21.4 Å². The number of rotatable bonds is 4. The minimum atomic E-state index is -0.222. The van der Waals surface area contributed by atoms with Gasteiger partial charge < -0.3 is 5.32 Å². The minimum Gasteiger partial charge on any atom is -0.388 e. The average molecular weight is 377 g/mol. The zero-order chi connectivity index (χ0) is 20.2. The van der Waals surface area contributed by atoms with Crippen molar-refractivity contribution in [2.75, 3.05) is 12.4 Å². The number of nitrogens with zero attached hydrogens (tertiary/aromatic N) is 4. The van der Waals surface area contributed by atoms with Crippen LogP contribution < -0.4 is 10.9 Å². The highest BCUT2D eigenvalue weighted by molar-refractivity contribution is 5.74. The van der Waals surface area contributed by atoms with Gasteiger partial charge in [0.2, 0.25) is 0 Å². The molecule has 29 heavy (non-hydrogen) atoms. The van der Waals surface area contributed by atoms with Crippen molar-refractivity contribution >= 4 is 5.69 Å². The number of nitriles is 1. The molecular formula is C23H17N5O. The average Bonchev–Trinajstić information content (AvgIpc) is 2.80. The minimum absolute atomic E-state index is 0.222. The van der Waals surface area contributed by atoms with Crippen LogP contribution in [0, 0.1) is 11.3 Å². The van der Waals surface area contributed by atoms with Gasteiger partial charge in [0.05, 0.1) is 17.3 Å². The van der Waals surface area contributed by atoms with E-state index in [4.69, 9.17) is 0 Å². The normalized spacial score (nSPS) is 10.3. The van der Waals surface area contributed by atoms with Gasteiger partial charge in [0.15, 0.2) is 5.82 Å². The molecule has 6 nitrogen and oxygen atoms in total. The molecule has 140 valence electrons. The molecule has 0 atom stereocenters. The lowest BCUT2D eigenvalue weighted by atomic mass is 9.90. The smallest absolute Gasteiger partial charge is 0.263 e. The Morgan fingerprint density at radius 1 is 0.966 bits per heavy atom. The predicted octanol–water partition coefficient (Wildman–Crippen LogP) is 3.87. The van der Waals surface area contributed by atoms with Crippen molar-refractivity contribution < 1.29 is 0 Å². The molecule has 4 aromatic rings. The third-order valence-corrected chi connectivity index (χ3v) is 4.59. The molecule has 1 N–H and O–H groups in total. The molecule has 0 fully saturated rings. The van der Waals surface area contributed by atoms with Gasteiger partial charge in [-0.1, -0.05) is 24.3 Å². The Morgan fingerprint density at radius 3 is 2.52 bits per heavy atom. The summed E-state index contributed by atoms with van der Waals surface area (Å²) in [7, 11) is 1.82. The number of aromatic nitrogens is 3. The van der Waals surface area contributed by atoms with Crippen LogP contribution in [0.4, 0.5) is 5.69 Å². The molecule has 0 bridgehead atoms. The van der Waals surface area contributed by atoms with E-state index in [9.17, 15) is 10.1 Å². The standard InChI is InChI=1S/C23H17N5O/c1-25-18-7-4-8-19(13-18)28-15-17(22-26-10-5-11-27-22)12-21(23(28)29)20-9-3-2-6-16(20)14-24/h2-13,15,25H,1H3/i1-1,14-1. The van der Waals surface area contributed by atoms with Crippen LogP contribution in [-0.4, -0.2) is 21.6 Å². The van der Waals surface area contributed by atoms with Gasteiger partial charge in [-0.2, -0.15) is 5.26 Å².